The van der Waals surface area contributed by atoms with Gasteiger partial charge in [-0.1, -0.05) is 62.9 Å². The Morgan fingerprint density at radius 1 is 1.00 bits per heavy atom. The summed E-state index contributed by atoms with van der Waals surface area (Å²) in [5, 5.41) is 0. The standard InChI is InChI=1S/C25H33NO4S/c1-2-3-4-5-9-17-30-24-14-12-22(13-15-24)25(27)26(19-21-10-7-6-8-11-21)23-16-18-31(28,29)20-23/h6-8,10-15,23H,2-5,9,16-20H2,1H3. The van der Waals surface area contributed by atoms with E-state index in [0.29, 0.717) is 25.1 Å². The minimum atomic E-state index is -3.09. The number of ether oxygens (including phenoxy) is 1. The maximum absolute atomic E-state index is 13.3. The third-order valence-electron chi connectivity index (χ3n) is 5.72. The number of sulfone groups is 1. The zero-order chi connectivity index (χ0) is 22.1. The van der Waals surface area contributed by atoms with Crippen LogP contribution in [0.15, 0.2) is 54.6 Å². The molecule has 0 N–H and O–H groups in total. The van der Waals surface area contributed by atoms with Gasteiger partial charge < -0.3 is 9.64 Å². The fourth-order valence-corrected chi connectivity index (χ4v) is 5.65. The molecule has 31 heavy (non-hydrogen) atoms. The van der Waals surface area contributed by atoms with Crippen LogP contribution >= 0.6 is 0 Å². The molecular formula is C25H33NO4S. The first-order chi connectivity index (χ1) is 15.0. The predicted molar refractivity (Wildman–Crippen MR) is 124 cm³/mol. The molecule has 0 spiro atoms. The Morgan fingerprint density at radius 2 is 1.71 bits per heavy atom. The molecule has 168 valence electrons. The summed E-state index contributed by atoms with van der Waals surface area (Å²) in [5.74, 6) is 0.786. The Balaban J connectivity index is 1.64. The van der Waals surface area contributed by atoms with Crippen molar-refractivity contribution in [2.45, 2.75) is 58.0 Å². The monoisotopic (exact) mass is 443 g/mol. The van der Waals surface area contributed by atoms with Gasteiger partial charge in [-0.3, -0.25) is 4.79 Å². The maximum Gasteiger partial charge on any atom is 0.254 e. The number of carbonyl (C=O) groups excluding carboxylic acids is 1. The Kier molecular flexibility index (Phi) is 8.52. The molecule has 1 unspecified atom stereocenters. The molecule has 0 bridgehead atoms. The molecule has 3 rings (SSSR count). The van der Waals surface area contributed by atoms with Gasteiger partial charge in [-0.2, -0.15) is 0 Å². The van der Waals surface area contributed by atoms with Crippen LogP contribution in [-0.4, -0.2) is 43.4 Å². The second kappa shape index (κ2) is 11.3. The summed E-state index contributed by atoms with van der Waals surface area (Å²) >= 11 is 0. The lowest BCUT2D eigenvalue weighted by Crippen LogP contribution is -2.40. The van der Waals surface area contributed by atoms with Crippen LogP contribution in [0.4, 0.5) is 0 Å². The fourth-order valence-electron chi connectivity index (χ4n) is 3.92. The largest absolute Gasteiger partial charge is 0.494 e. The second-order valence-electron chi connectivity index (χ2n) is 8.26. The molecule has 1 aliphatic heterocycles. The molecule has 1 amide bonds. The summed E-state index contributed by atoms with van der Waals surface area (Å²) in [6, 6.07) is 16.6. The highest BCUT2D eigenvalue weighted by Gasteiger charge is 2.35. The number of carbonyl (C=O) groups is 1. The van der Waals surface area contributed by atoms with Crippen molar-refractivity contribution in [3.05, 3.63) is 65.7 Å². The minimum absolute atomic E-state index is 0.0325. The van der Waals surface area contributed by atoms with Crippen LogP contribution in [0.2, 0.25) is 0 Å². The SMILES string of the molecule is CCCCCCCOc1ccc(C(=O)N(Cc2ccccc2)C2CCS(=O)(=O)C2)cc1. The highest BCUT2D eigenvalue weighted by Crippen LogP contribution is 2.23. The van der Waals surface area contributed by atoms with E-state index in [4.69, 9.17) is 4.74 Å². The van der Waals surface area contributed by atoms with Crippen molar-refractivity contribution in [3.8, 4) is 5.75 Å². The van der Waals surface area contributed by atoms with E-state index in [1.54, 1.807) is 17.0 Å². The van der Waals surface area contributed by atoms with E-state index in [2.05, 4.69) is 6.92 Å². The van der Waals surface area contributed by atoms with Crippen LogP contribution in [0, 0.1) is 0 Å². The van der Waals surface area contributed by atoms with E-state index in [1.165, 1.54) is 25.7 Å². The number of rotatable bonds is 11. The van der Waals surface area contributed by atoms with Gasteiger partial charge in [-0.15, -0.1) is 0 Å². The normalized spacial score (nSPS) is 17.4. The number of benzene rings is 2. The van der Waals surface area contributed by atoms with Crippen molar-refractivity contribution in [2.24, 2.45) is 0 Å². The smallest absolute Gasteiger partial charge is 0.254 e. The van der Waals surface area contributed by atoms with Gasteiger partial charge in [0, 0.05) is 18.2 Å². The summed E-state index contributed by atoms with van der Waals surface area (Å²) < 4.78 is 29.9. The summed E-state index contributed by atoms with van der Waals surface area (Å²) in [4.78, 5) is 15.0. The number of hydrogen-bond donors (Lipinski definition) is 0. The lowest BCUT2D eigenvalue weighted by Gasteiger charge is -2.28. The average molecular weight is 444 g/mol. The second-order valence-corrected chi connectivity index (χ2v) is 10.5. The van der Waals surface area contributed by atoms with Crippen molar-refractivity contribution < 1.29 is 17.9 Å². The molecule has 2 aromatic rings. The molecule has 0 aromatic heterocycles. The Hall–Kier alpha value is -2.34. The molecule has 1 fully saturated rings. The summed E-state index contributed by atoms with van der Waals surface area (Å²) in [7, 11) is -3.09. The van der Waals surface area contributed by atoms with E-state index in [9.17, 15) is 13.2 Å². The number of unbranched alkanes of at least 4 members (excludes halogenated alkanes) is 4. The summed E-state index contributed by atoms with van der Waals surface area (Å²) in [6.45, 7) is 3.28. The molecule has 1 atom stereocenters. The van der Waals surface area contributed by atoms with Crippen molar-refractivity contribution >= 4 is 15.7 Å². The molecule has 1 aliphatic rings. The van der Waals surface area contributed by atoms with Gasteiger partial charge in [-0.25, -0.2) is 8.42 Å². The molecule has 5 nitrogen and oxygen atoms in total. The van der Waals surface area contributed by atoms with Crippen molar-refractivity contribution in [1.82, 2.24) is 4.90 Å². The van der Waals surface area contributed by atoms with Crippen LogP contribution < -0.4 is 4.74 Å². The molecular weight excluding hydrogens is 410 g/mol. The first-order valence-corrected chi connectivity index (χ1v) is 13.1. The lowest BCUT2D eigenvalue weighted by molar-refractivity contribution is 0.0681. The maximum atomic E-state index is 13.3. The summed E-state index contributed by atoms with van der Waals surface area (Å²) in [6.07, 6.45) is 6.41. The minimum Gasteiger partial charge on any atom is -0.494 e. The molecule has 0 aliphatic carbocycles. The fraction of sp³-hybridized carbons (Fsp3) is 0.480. The van der Waals surface area contributed by atoms with E-state index >= 15 is 0 Å². The zero-order valence-corrected chi connectivity index (χ0v) is 19.1. The number of hydrogen-bond acceptors (Lipinski definition) is 4. The van der Waals surface area contributed by atoms with E-state index in [-0.39, 0.29) is 23.5 Å². The van der Waals surface area contributed by atoms with Crippen molar-refractivity contribution in [3.63, 3.8) is 0 Å². The van der Waals surface area contributed by atoms with Crippen LogP contribution in [0.1, 0.15) is 61.4 Å². The van der Waals surface area contributed by atoms with Gasteiger partial charge in [0.25, 0.3) is 5.91 Å². The van der Waals surface area contributed by atoms with Crippen molar-refractivity contribution in [1.29, 1.82) is 0 Å². The van der Waals surface area contributed by atoms with Gasteiger partial charge >= 0.3 is 0 Å². The quantitative estimate of drug-likeness (QED) is 0.465. The zero-order valence-electron chi connectivity index (χ0n) is 18.3. The van der Waals surface area contributed by atoms with Crippen LogP contribution in [-0.2, 0) is 16.4 Å². The summed E-state index contributed by atoms with van der Waals surface area (Å²) in [5.41, 5.74) is 1.54. The van der Waals surface area contributed by atoms with E-state index in [0.717, 1.165) is 17.7 Å². The van der Waals surface area contributed by atoms with Gasteiger partial charge in [0.1, 0.15) is 5.75 Å². The predicted octanol–water partition coefficient (Wildman–Crippen LogP) is 4.87. The average Bonchev–Trinajstić information content (AvgIpc) is 3.14. The highest BCUT2D eigenvalue weighted by molar-refractivity contribution is 7.91. The highest BCUT2D eigenvalue weighted by atomic mass is 32.2. The molecule has 2 aromatic carbocycles. The third kappa shape index (κ3) is 7.10. The van der Waals surface area contributed by atoms with Crippen molar-refractivity contribution in [2.75, 3.05) is 18.1 Å². The Labute approximate surface area is 186 Å². The Morgan fingerprint density at radius 3 is 2.35 bits per heavy atom. The van der Waals surface area contributed by atoms with Gasteiger partial charge in [-0.05, 0) is 42.7 Å². The molecule has 6 heteroatoms. The molecule has 1 heterocycles. The number of amides is 1. The first kappa shape index (κ1) is 23.3. The third-order valence-corrected chi connectivity index (χ3v) is 7.47. The van der Waals surface area contributed by atoms with Gasteiger partial charge in [0.05, 0.1) is 18.1 Å². The van der Waals surface area contributed by atoms with Gasteiger partial charge in [0.2, 0.25) is 0 Å². The number of nitrogens with zero attached hydrogens (tertiary/aromatic N) is 1. The van der Waals surface area contributed by atoms with Crippen LogP contribution in [0.5, 0.6) is 5.75 Å². The topological polar surface area (TPSA) is 63.7 Å². The molecule has 1 saturated heterocycles. The molecule has 0 radical (unpaired) electrons. The van der Waals surface area contributed by atoms with Gasteiger partial charge in [0.15, 0.2) is 9.84 Å². The van der Waals surface area contributed by atoms with E-state index < -0.39 is 9.84 Å². The lowest BCUT2D eigenvalue weighted by atomic mass is 10.1. The Bertz CT molecular complexity index is 926. The van der Waals surface area contributed by atoms with Crippen LogP contribution in [0.25, 0.3) is 0 Å². The van der Waals surface area contributed by atoms with E-state index in [1.807, 2.05) is 42.5 Å². The van der Waals surface area contributed by atoms with Crippen LogP contribution in [0.3, 0.4) is 0 Å². The first-order valence-electron chi connectivity index (χ1n) is 11.3. The molecule has 0 saturated carbocycles.